The van der Waals surface area contributed by atoms with Gasteiger partial charge >= 0.3 is 0 Å². The predicted octanol–water partition coefficient (Wildman–Crippen LogP) is 5.14. The van der Waals surface area contributed by atoms with E-state index in [1.54, 1.807) is 11.1 Å². The first-order valence-corrected chi connectivity index (χ1v) is 8.82. The van der Waals surface area contributed by atoms with Crippen molar-refractivity contribution in [3.05, 3.63) is 56.8 Å². The van der Waals surface area contributed by atoms with Crippen molar-refractivity contribution < 1.29 is 0 Å². The first-order valence-electron chi connectivity index (χ1n) is 8.01. The van der Waals surface area contributed by atoms with E-state index in [-0.39, 0.29) is 0 Å². The molecule has 1 heterocycles. The van der Waals surface area contributed by atoms with Crippen LogP contribution in [-0.2, 0) is 6.42 Å². The normalized spacial score (nSPS) is 19.3. The Kier molecular flexibility index (Phi) is 4.46. The number of rotatable bonds is 4. The van der Waals surface area contributed by atoms with Crippen molar-refractivity contribution >= 4 is 11.3 Å². The summed E-state index contributed by atoms with van der Waals surface area (Å²) in [4.78, 5) is 2.95. The number of fused-ring (bicyclic) bond motifs is 1. The minimum absolute atomic E-state index is 0.485. The van der Waals surface area contributed by atoms with Gasteiger partial charge in [-0.25, -0.2) is 0 Å². The SMILES string of the molecule is CNC(CC1CCCc2ccccc21)c1cc(C)c(C)s1. The lowest BCUT2D eigenvalue weighted by Crippen LogP contribution is -2.20. The van der Waals surface area contributed by atoms with Crippen molar-refractivity contribution in [2.45, 2.75) is 51.5 Å². The molecular weight excluding hydrogens is 274 g/mol. The van der Waals surface area contributed by atoms with Crippen LogP contribution in [0.2, 0.25) is 0 Å². The summed E-state index contributed by atoms with van der Waals surface area (Å²) < 4.78 is 0. The summed E-state index contributed by atoms with van der Waals surface area (Å²) in [5.41, 5.74) is 4.59. The van der Waals surface area contributed by atoms with E-state index in [9.17, 15) is 0 Å². The Morgan fingerprint density at radius 3 is 2.81 bits per heavy atom. The first-order chi connectivity index (χ1) is 10.2. The molecule has 0 radical (unpaired) electrons. The van der Waals surface area contributed by atoms with E-state index < -0.39 is 0 Å². The largest absolute Gasteiger partial charge is 0.312 e. The van der Waals surface area contributed by atoms with Gasteiger partial charge in [-0.05, 0) is 75.3 Å². The van der Waals surface area contributed by atoms with Crippen LogP contribution in [0, 0.1) is 13.8 Å². The Labute approximate surface area is 132 Å². The highest BCUT2D eigenvalue weighted by Gasteiger charge is 2.24. The number of benzene rings is 1. The zero-order valence-corrected chi connectivity index (χ0v) is 14.1. The van der Waals surface area contributed by atoms with E-state index in [1.807, 2.05) is 11.3 Å². The minimum Gasteiger partial charge on any atom is -0.312 e. The lowest BCUT2D eigenvalue weighted by atomic mass is 9.79. The lowest BCUT2D eigenvalue weighted by Gasteiger charge is -2.28. The molecular formula is C19H25NS. The van der Waals surface area contributed by atoms with Crippen LogP contribution in [0.15, 0.2) is 30.3 Å². The van der Waals surface area contributed by atoms with Gasteiger partial charge in [-0.1, -0.05) is 24.3 Å². The summed E-state index contributed by atoms with van der Waals surface area (Å²) >= 11 is 1.95. The van der Waals surface area contributed by atoms with Crippen molar-refractivity contribution in [3.8, 4) is 0 Å². The molecule has 0 aliphatic heterocycles. The monoisotopic (exact) mass is 299 g/mol. The highest BCUT2D eigenvalue weighted by molar-refractivity contribution is 7.12. The maximum atomic E-state index is 3.55. The first kappa shape index (κ1) is 14.8. The van der Waals surface area contributed by atoms with E-state index in [2.05, 4.69) is 56.5 Å². The van der Waals surface area contributed by atoms with Crippen LogP contribution in [0.4, 0.5) is 0 Å². The Morgan fingerprint density at radius 1 is 1.29 bits per heavy atom. The van der Waals surface area contributed by atoms with Gasteiger partial charge in [0.05, 0.1) is 0 Å². The Hall–Kier alpha value is -1.12. The van der Waals surface area contributed by atoms with Gasteiger partial charge in [0.1, 0.15) is 0 Å². The second-order valence-electron chi connectivity index (χ2n) is 6.25. The summed E-state index contributed by atoms with van der Waals surface area (Å²) in [5.74, 6) is 0.704. The summed E-state index contributed by atoms with van der Waals surface area (Å²) in [6.07, 6.45) is 5.14. The second-order valence-corrected chi connectivity index (χ2v) is 7.54. The molecule has 112 valence electrons. The third-order valence-corrected chi connectivity index (χ3v) is 6.16. The lowest BCUT2D eigenvalue weighted by molar-refractivity contribution is 0.444. The van der Waals surface area contributed by atoms with Crippen molar-refractivity contribution in [3.63, 3.8) is 0 Å². The number of aryl methyl sites for hydroxylation is 3. The van der Waals surface area contributed by atoms with Crippen LogP contribution < -0.4 is 5.32 Å². The molecule has 1 aromatic carbocycles. The van der Waals surface area contributed by atoms with E-state index >= 15 is 0 Å². The summed E-state index contributed by atoms with van der Waals surface area (Å²) in [5, 5.41) is 3.55. The van der Waals surface area contributed by atoms with E-state index in [1.165, 1.54) is 41.0 Å². The van der Waals surface area contributed by atoms with Gasteiger partial charge in [-0.2, -0.15) is 0 Å². The molecule has 0 fully saturated rings. The molecule has 2 unspecified atom stereocenters. The minimum atomic E-state index is 0.485. The Bertz CT molecular complexity index is 594. The van der Waals surface area contributed by atoms with Crippen LogP contribution >= 0.6 is 11.3 Å². The van der Waals surface area contributed by atoms with Crippen LogP contribution in [-0.4, -0.2) is 7.05 Å². The van der Waals surface area contributed by atoms with Crippen molar-refractivity contribution in [2.24, 2.45) is 0 Å². The zero-order chi connectivity index (χ0) is 14.8. The molecule has 2 aromatic rings. The highest BCUT2D eigenvalue weighted by Crippen LogP contribution is 2.39. The molecule has 1 aliphatic rings. The molecule has 0 saturated carbocycles. The third-order valence-electron chi connectivity index (χ3n) is 4.89. The van der Waals surface area contributed by atoms with Gasteiger partial charge in [0, 0.05) is 15.8 Å². The number of hydrogen-bond donors (Lipinski definition) is 1. The zero-order valence-electron chi connectivity index (χ0n) is 13.3. The predicted molar refractivity (Wildman–Crippen MR) is 92.3 cm³/mol. The van der Waals surface area contributed by atoms with Crippen molar-refractivity contribution in [1.82, 2.24) is 5.32 Å². The standard InChI is InChI=1S/C19H25NS/c1-13-11-19(21-14(13)2)18(20-3)12-16-9-6-8-15-7-4-5-10-17(15)16/h4-5,7,10-11,16,18,20H,6,8-9,12H2,1-3H3. The van der Waals surface area contributed by atoms with Crippen molar-refractivity contribution in [1.29, 1.82) is 0 Å². The van der Waals surface area contributed by atoms with Crippen LogP contribution in [0.5, 0.6) is 0 Å². The van der Waals surface area contributed by atoms with E-state index in [0.717, 1.165) is 0 Å². The fourth-order valence-electron chi connectivity index (χ4n) is 3.53. The molecule has 3 rings (SSSR count). The molecule has 1 aromatic heterocycles. The molecule has 1 nitrogen and oxygen atoms in total. The number of thiophene rings is 1. The average molecular weight is 299 g/mol. The molecule has 0 amide bonds. The Morgan fingerprint density at radius 2 is 2.10 bits per heavy atom. The molecule has 0 bridgehead atoms. The number of hydrogen-bond acceptors (Lipinski definition) is 2. The topological polar surface area (TPSA) is 12.0 Å². The Balaban J connectivity index is 1.82. The van der Waals surface area contributed by atoms with Gasteiger partial charge in [0.2, 0.25) is 0 Å². The fourth-order valence-corrected chi connectivity index (χ4v) is 4.70. The molecule has 0 saturated heterocycles. The van der Waals surface area contributed by atoms with Crippen LogP contribution in [0.3, 0.4) is 0 Å². The maximum Gasteiger partial charge on any atom is 0.0418 e. The van der Waals surface area contributed by atoms with Gasteiger partial charge in [0.15, 0.2) is 0 Å². The van der Waals surface area contributed by atoms with Crippen molar-refractivity contribution in [2.75, 3.05) is 7.05 Å². The molecule has 2 heteroatoms. The summed E-state index contributed by atoms with van der Waals surface area (Å²) in [6, 6.07) is 11.9. The molecule has 2 atom stereocenters. The van der Waals surface area contributed by atoms with Crippen LogP contribution in [0.25, 0.3) is 0 Å². The summed E-state index contributed by atoms with van der Waals surface area (Å²) in [6.45, 7) is 4.45. The third kappa shape index (κ3) is 3.07. The number of nitrogens with one attached hydrogen (secondary N) is 1. The summed E-state index contributed by atoms with van der Waals surface area (Å²) in [7, 11) is 2.10. The average Bonchev–Trinajstić information content (AvgIpc) is 2.84. The van der Waals surface area contributed by atoms with E-state index in [0.29, 0.717) is 12.0 Å². The van der Waals surface area contributed by atoms with Gasteiger partial charge in [-0.15, -0.1) is 11.3 Å². The highest BCUT2D eigenvalue weighted by atomic mass is 32.1. The fraction of sp³-hybridized carbons (Fsp3) is 0.474. The molecule has 21 heavy (non-hydrogen) atoms. The van der Waals surface area contributed by atoms with Crippen LogP contribution in [0.1, 0.15) is 57.7 Å². The smallest absolute Gasteiger partial charge is 0.0418 e. The molecule has 0 spiro atoms. The molecule has 1 N–H and O–H groups in total. The second kappa shape index (κ2) is 6.33. The molecule has 1 aliphatic carbocycles. The quantitative estimate of drug-likeness (QED) is 0.824. The van der Waals surface area contributed by atoms with Gasteiger partial charge in [-0.3, -0.25) is 0 Å². The van der Waals surface area contributed by atoms with Gasteiger partial charge in [0.25, 0.3) is 0 Å². The van der Waals surface area contributed by atoms with Gasteiger partial charge < -0.3 is 5.32 Å². The maximum absolute atomic E-state index is 3.55. The van der Waals surface area contributed by atoms with E-state index in [4.69, 9.17) is 0 Å².